The summed E-state index contributed by atoms with van der Waals surface area (Å²) < 4.78 is 5.29. The number of ether oxygens (including phenoxy) is 1. The summed E-state index contributed by atoms with van der Waals surface area (Å²) in [5.41, 5.74) is 19.6. The van der Waals surface area contributed by atoms with Crippen LogP contribution in [0, 0.1) is 0 Å². The highest BCUT2D eigenvalue weighted by Crippen LogP contribution is 2.39. The van der Waals surface area contributed by atoms with Crippen LogP contribution in [0.25, 0.3) is 22.0 Å². The normalized spacial score (nSPS) is 10.7. The summed E-state index contributed by atoms with van der Waals surface area (Å²) in [5, 5.41) is 9.92. The first-order valence-corrected chi connectivity index (χ1v) is 6.95. The maximum absolute atomic E-state index is 11.4. The van der Waals surface area contributed by atoms with Gasteiger partial charge in [-0.15, -0.1) is 0 Å². The molecule has 0 atom stereocenters. The standard InChI is InChI=1S/C16H15N5O3/c1-24-13-8(15(22)23)3-4-10(17)12(13)7-2-5-11-9(6-7)14(18)21-16(19)20-11/h2-6H,17H2,1H3,(H,22,23)(H4,18,19,20,21). The molecule has 0 aliphatic heterocycles. The van der Waals surface area contributed by atoms with Gasteiger partial charge in [0.05, 0.1) is 12.6 Å². The maximum Gasteiger partial charge on any atom is 0.339 e. The molecule has 2 aromatic carbocycles. The van der Waals surface area contributed by atoms with E-state index < -0.39 is 5.97 Å². The van der Waals surface area contributed by atoms with Gasteiger partial charge in [-0.3, -0.25) is 0 Å². The molecule has 24 heavy (non-hydrogen) atoms. The molecule has 0 spiro atoms. The second kappa shape index (κ2) is 5.58. The maximum atomic E-state index is 11.4. The van der Waals surface area contributed by atoms with E-state index in [2.05, 4.69) is 9.97 Å². The van der Waals surface area contributed by atoms with Crippen molar-refractivity contribution >= 4 is 34.3 Å². The summed E-state index contributed by atoms with van der Waals surface area (Å²) >= 11 is 0. The fourth-order valence-corrected chi connectivity index (χ4v) is 2.60. The number of anilines is 3. The number of carboxylic acids is 1. The van der Waals surface area contributed by atoms with Gasteiger partial charge in [0, 0.05) is 16.6 Å². The number of nitrogens with zero attached hydrogens (tertiary/aromatic N) is 2. The molecule has 0 radical (unpaired) electrons. The van der Waals surface area contributed by atoms with Crippen molar-refractivity contribution < 1.29 is 14.6 Å². The summed E-state index contributed by atoms with van der Waals surface area (Å²) in [5.74, 6) is -0.620. The lowest BCUT2D eigenvalue weighted by atomic mass is 9.98. The van der Waals surface area contributed by atoms with Gasteiger partial charge in [-0.05, 0) is 29.8 Å². The molecule has 7 N–H and O–H groups in total. The molecular formula is C16H15N5O3. The number of nitrogens with two attached hydrogens (primary N) is 3. The lowest BCUT2D eigenvalue weighted by Crippen LogP contribution is -2.04. The number of hydrogen-bond acceptors (Lipinski definition) is 7. The van der Waals surface area contributed by atoms with E-state index in [4.69, 9.17) is 21.9 Å². The highest BCUT2D eigenvalue weighted by Gasteiger charge is 2.19. The number of fused-ring (bicyclic) bond motifs is 1. The minimum Gasteiger partial charge on any atom is -0.495 e. The van der Waals surface area contributed by atoms with E-state index in [0.29, 0.717) is 27.7 Å². The Morgan fingerprint density at radius 1 is 1.12 bits per heavy atom. The summed E-state index contributed by atoms with van der Waals surface area (Å²) in [6.07, 6.45) is 0. The summed E-state index contributed by atoms with van der Waals surface area (Å²) in [6, 6.07) is 8.11. The predicted octanol–water partition coefficient (Wildman–Crippen LogP) is 1.75. The highest BCUT2D eigenvalue weighted by atomic mass is 16.5. The molecule has 122 valence electrons. The Labute approximate surface area is 136 Å². The zero-order valence-electron chi connectivity index (χ0n) is 12.8. The predicted molar refractivity (Wildman–Crippen MR) is 91.7 cm³/mol. The Balaban J connectivity index is 2.31. The third-order valence-corrected chi connectivity index (χ3v) is 3.66. The minimum atomic E-state index is -1.11. The zero-order chi connectivity index (χ0) is 17.4. The third kappa shape index (κ3) is 2.39. The van der Waals surface area contributed by atoms with Crippen LogP contribution in [0.3, 0.4) is 0 Å². The van der Waals surface area contributed by atoms with Crippen LogP contribution in [-0.2, 0) is 0 Å². The largest absolute Gasteiger partial charge is 0.495 e. The molecule has 0 aliphatic rings. The summed E-state index contributed by atoms with van der Waals surface area (Å²) in [6.45, 7) is 0. The van der Waals surface area contributed by atoms with Crippen molar-refractivity contribution in [2.45, 2.75) is 0 Å². The molecule has 0 amide bonds. The second-order valence-corrected chi connectivity index (χ2v) is 5.11. The fourth-order valence-electron chi connectivity index (χ4n) is 2.60. The molecule has 1 heterocycles. The van der Waals surface area contributed by atoms with E-state index in [9.17, 15) is 9.90 Å². The Kier molecular flexibility index (Phi) is 3.57. The molecule has 0 saturated heterocycles. The minimum absolute atomic E-state index is 0.0170. The second-order valence-electron chi connectivity index (χ2n) is 5.11. The quantitative estimate of drug-likeness (QED) is 0.532. The molecule has 0 bridgehead atoms. The van der Waals surface area contributed by atoms with Crippen molar-refractivity contribution in [3.05, 3.63) is 35.9 Å². The van der Waals surface area contributed by atoms with Crippen molar-refractivity contribution in [3.8, 4) is 16.9 Å². The van der Waals surface area contributed by atoms with E-state index in [1.807, 2.05) is 0 Å². The Morgan fingerprint density at radius 3 is 2.54 bits per heavy atom. The van der Waals surface area contributed by atoms with E-state index in [0.717, 1.165) is 0 Å². The molecule has 8 nitrogen and oxygen atoms in total. The van der Waals surface area contributed by atoms with Crippen molar-refractivity contribution in [3.63, 3.8) is 0 Å². The average molecular weight is 325 g/mol. The number of methoxy groups -OCH3 is 1. The van der Waals surface area contributed by atoms with Crippen LogP contribution >= 0.6 is 0 Å². The summed E-state index contributed by atoms with van der Waals surface area (Å²) in [7, 11) is 1.39. The highest BCUT2D eigenvalue weighted by molar-refractivity contribution is 6.00. The molecule has 0 saturated carbocycles. The molecule has 0 aliphatic carbocycles. The third-order valence-electron chi connectivity index (χ3n) is 3.66. The van der Waals surface area contributed by atoms with Crippen LogP contribution in [0.15, 0.2) is 30.3 Å². The molecule has 0 fully saturated rings. The molecule has 1 aromatic heterocycles. The monoisotopic (exact) mass is 325 g/mol. The van der Waals surface area contributed by atoms with Gasteiger partial charge in [0.2, 0.25) is 5.95 Å². The van der Waals surface area contributed by atoms with Gasteiger partial charge in [0.15, 0.2) is 0 Å². The molecule has 8 heteroatoms. The first-order chi connectivity index (χ1) is 11.4. The van der Waals surface area contributed by atoms with Crippen molar-refractivity contribution in [2.75, 3.05) is 24.3 Å². The van der Waals surface area contributed by atoms with Gasteiger partial charge in [0.1, 0.15) is 17.1 Å². The lowest BCUT2D eigenvalue weighted by Gasteiger charge is -2.15. The van der Waals surface area contributed by atoms with Crippen LogP contribution in [0.4, 0.5) is 17.5 Å². The number of hydrogen-bond donors (Lipinski definition) is 4. The zero-order valence-corrected chi connectivity index (χ0v) is 12.8. The van der Waals surface area contributed by atoms with Crippen LogP contribution in [0.2, 0.25) is 0 Å². The van der Waals surface area contributed by atoms with Crippen LogP contribution in [0.1, 0.15) is 10.4 Å². The van der Waals surface area contributed by atoms with Crippen molar-refractivity contribution in [1.29, 1.82) is 0 Å². The van der Waals surface area contributed by atoms with Crippen molar-refractivity contribution in [1.82, 2.24) is 9.97 Å². The van der Waals surface area contributed by atoms with E-state index in [1.54, 1.807) is 18.2 Å². The van der Waals surface area contributed by atoms with Gasteiger partial charge >= 0.3 is 5.97 Å². The molecule has 0 unspecified atom stereocenters. The van der Waals surface area contributed by atoms with Gasteiger partial charge in [-0.1, -0.05) is 6.07 Å². The van der Waals surface area contributed by atoms with E-state index in [-0.39, 0.29) is 23.1 Å². The average Bonchev–Trinajstić information content (AvgIpc) is 2.53. The number of rotatable bonds is 3. The Hall–Kier alpha value is -3.55. The van der Waals surface area contributed by atoms with Gasteiger partial charge < -0.3 is 27.0 Å². The topological polar surface area (TPSA) is 150 Å². The number of aromatic nitrogens is 2. The van der Waals surface area contributed by atoms with Crippen molar-refractivity contribution in [2.24, 2.45) is 0 Å². The summed E-state index contributed by atoms with van der Waals surface area (Å²) in [4.78, 5) is 19.5. The first kappa shape index (κ1) is 15.3. The number of aromatic carboxylic acids is 1. The number of carbonyl (C=O) groups is 1. The first-order valence-electron chi connectivity index (χ1n) is 6.95. The number of nitrogen functional groups attached to an aromatic ring is 3. The van der Waals surface area contributed by atoms with Crippen LogP contribution < -0.4 is 21.9 Å². The number of benzene rings is 2. The SMILES string of the molecule is COc1c(C(=O)O)ccc(N)c1-c1ccc2nc(N)nc(N)c2c1. The lowest BCUT2D eigenvalue weighted by molar-refractivity contribution is 0.0693. The van der Waals surface area contributed by atoms with Gasteiger partial charge in [-0.25, -0.2) is 9.78 Å². The van der Waals surface area contributed by atoms with E-state index >= 15 is 0 Å². The smallest absolute Gasteiger partial charge is 0.339 e. The van der Waals surface area contributed by atoms with Gasteiger partial charge in [-0.2, -0.15) is 4.98 Å². The number of carboxylic acid groups (broad SMARTS) is 1. The molecule has 3 aromatic rings. The molecule has 3 rings (SSSR count). The Bertz CT molecular complexity index is 972. The van der Waals surface area contributed by atoms with Crippen LogP contribution in [-0.4, -0.2) is 28.2 Å². The fraction of sp³-hybridized carbons (Fsp3) is 0.0625. The molecular weight excluding hydrogens is 310 g/mol. The van der Waals surface area contributed by atoms with E-state index in [1.165, 1.54) is 19.2 Å². The Morgan fingerprint density at radius 2 is 1.88 bits per heavy atom. The van der Waals surface area contributed by atoms with Gasteiger partial charge in [0.25, 0.3) is 0 Å². The van der Waals surface area contributed by atoms with Crippen LogP contribution in [0.5, 0.6) is 5.75 Å².